The number of aliphatic hydroxyl groups is 1. The first-order valence-corrected chi connectivity index (χ1v) is 8.54. The van der Waals surface area contributed by atoms with Crippen LogP contribution in [0.25, 0.3) is 0 Å². The lowest BCUT2D eigenvalue weighted by atomic mass is 9.88. The Labute approximate surface area is 120 Å². The average molecular weight is 299 g/mol. The Morgan fingerprint density at radius 2 is 2.15 bits per heavy atom. The molecule has 2 N–H and O–H groups in total. The quantitative estimate of drug-likeness (QED) is 0.832. The van der Waals surface area contributed by atoms with Crippen LogP contribution in [0.1, 0.15) is 31.7 Å². The summed E-state index contributed by atoms with van der Waals surface area (Å²) in [7, 11) is -3.33. The van der Waals surface area contributed by atoms with Crippen molar-refractivity contribution in [2.75, 3.05) is 18.9 Å². The van der Waals surface area contributed by atoms with Gasteiger partial charge in [0, 0.05) is 18.5 Å². The van der Waals surface area contributed by atoms with Gasteiger partial charge in [0.25, 0.3) is 0 Å². The van der Waals surface area contributed by atoms with E-state index in [-0.39, 0.29) is 12.3 Å². The van der Waals surface area contributed by atoms with E-state index in [1.807, 2.05) is 19.1 Å². The molecule has 1 aliphatic heterocycles. The van der Waals surface area contributed by atoms with Gasteiger partial charge >= 0.3 is 0 Å². The number of ether oxygens (including phenoxy) is 1. The second kappa shape index (κ2) is 6.11. The van der Waals surface area contributed by atoms with Crippen molar-refractivity contribution in [3.8, 4) is 5.75 Å². The summed E-state index contributed by atoms with van der Waals surface area (Å²) in [6, 6.07) is 7.19. The van der Waals surface area contributed by atoms with Gasteiger partial charge < -0.3 is 9.84 Å². The van der Waals surface area contributed by atoms with Gasteiger partial charge in [0.1, 0.15) is 11.4 Å². The molecule has 0 amide bonds. The summed E-state index contributed by atoms with van der Waals surface area (Å²) in [4.78, 5) is 0. The lowest BCUT2D eigenvalue weighted by Crippen LogP contribution is -2.44. The van der Waals surface area contributed by atoms with Crippen molar-refractivity contribution in [2.45, 2.75) is 31.8 Å². The lowest BCUT2D eigenvalue weighted by molar-refractivity contribution is 0.00219. The van der Waals surface area contributed by atoms with Crippen molar-refractivity contribution in [3.05, 3.63) is 29.8 Å². The van der Waals surface area contributed by atoms with E-state index in [0.29, 0.717) is 30.8 Å². The second-order valence-electron chi connectivity index (χ2n) is 5.12. The molecule has 6 heteroatoms. The zero-order valence-corrected chi connectivity index (χ0v) is 12.4. The van der Waals surface area contributed by atoms with Crippen LogP contribution in [0, 0.1) is 0 Å². The van der Waals surface area contributed by atoms with Gasteiger partial charge in [0.2, 0.25) is 10.0 Å². The Bertz CT molecular complexity index is 558. The molecule has 1 atom stereocenters. The van der Waals surface area contributed by atoms with Gasteiger partial charge in [0.15, 0.2) is 0 Å². The molecule has 1 aromatic carbocycles. The second-order valence-corrected chi connectivity index (χ2v) is 7.05. The highest BCUT2D eigenvalue weighted by molar-refractivity contribution is 7.89. The summed E-state index contributed by atoms with van der Waals surface area (Å²) >= 11 is 0. The van der Waals surface area contributed by atoms with Gasteiger partial charge in [-0.15, -0.1) is 0 Å². The monoisotopic (exact) mass is 299 g/mol. The molecule has 1 unspecified atom stereocenters. The molecule has 0 radical (unpaired) electrons. The summed E-state index contributed by atoms with van der Waals surface area (Å²) in [5.74, 6) is 0.714. The van der Waals surface area contributed by atoms with Gasteiger partial charge in [-0.3, -0.25) is 0 Å². The van der Waals surface area contributed by atoms with E-state index >= 15 is 0 Å². The molecular weight excluding hydrogens is 278 g/mol. The molecule has 0 saturated carbocycles. The van der Waals surface area contributed by atoms with Crippen molar-refractivity contribution in [1.82, 2.24) is 4.72 Å². The normalized spacial score (nSPS) is 22.1. The van der Waals surface area contributed by atoms with Crippen molar-refractivity contribution in [2.24, 2.45) is 0 Å². The van der Waals surface area contributed by atoms with Crippen molar-refractivity contribution in [1.29, 1.82) is 0 Å². The highest BCUT2D eigenvalue weighted by Gasteiger charge is 2.36. The van der Waals surface area contributed by atoms with Crippen LogP contribution in [0.5, 0.6) is 5.75 Å². The first kappa shape index (κ1) is 15.3. The summed E-state index contributed by atoms with van der Waals surface area (Å²) in [6.07, 6.45) is 1.82. The molecular formula is C14H21NO4S. The number of benzene rings is 1. The standard InChI is InChI=1S/C14H21NO4S/c1-2-3-10-20(17,18)15-11-14(16)8-9-19-13-7-5-4-6-12(13)14/h4-7,15-16H,2-3,8-11H2,1H3. The molecule has 0 aliphatic carbocycles. The molecule has 5 nitrogen and oxygen atoms in total. The Morgan fingerprint density at radius 1 is 1.40 bits per heavy atom. The molecule has 112 valence electrons. The molecule has 1 aromatic rings. The van der Waals surface area contributed by atoms with Crippen molar-refractivity contribution in [3.63, 3.8) is 0 Å². The van der Waals surface area contributed by atoms with E-state index in [4.69, 9.17) is 4.74 Å². The molecule has 2 rings (SSSR count). The van der Waals surface area contributed by atoms with Gasteiger partial charge in [0.05, 0.1) is 12.4 Å². The van der Waals surface area contributed by atoms with E-state index < -0.39 is 15.6 Å². The average Bonchev–Trinajstić information content (AvgIpc) is 2.44. The number of unbranched alkanes of at least 4 members (excludes halogenated alkanes) is 1. The fourth-order valence-corrected chi connectivity index (χ4v) is 3.53. The molecule has 1 heterocycles. The summed E-state index contributed by atoms with van der Waals surface area (Å²) in [5, 5.41) is 10.7. The molecule has 20 heavy (non-hydrogen) atoms. The lowest BCUT2D eigenvalue weighted by Gasteiger charge is -2.34. The van der Waals surface area contributed by atoms with Gasteiger partial charge in [-0.2, -0.15) is 0 Å². The maximum Gasteiger partial charge on any atom is 0.211 e. The van der Waals surface area contributed by atoms with Gasteiger partial charge in [-0.1, -0.05) is 31.5 Å². The number of para-hydroxylation sites is 1. The SMILES string of the molecule is CCCCS(=O)(=O)NCC1(O)CCOc2ccccc21. The molecule has 0 spiro atoms. The predicted molar refractivity (Wildman–Crippen MR) is 77.1 cm³/mol. The van der Waals surface area contributed by atoms with Crippen LogP contribution in [0.2, 0.25) is 0 Å². The fraction of sp³-hybridized carbons (Fsp3) is 0.571. The molecule has 1 aliphatic rings. The van der Waals surface area contributed by atoms with E-state index in [9.17, 15) is 13.5 Å². The highest BCUT2D eigenvalue weighted by Crippen LogP contribution is 2.36. The Balaban J connectivity index is 2.10. The molecule has 0 fully saturated rings. The minimum Gasteiger partial charge on any atom is -0.493 e. The van der Waals surface area contributed by atoms with Crippen LogP contribution in [0.4, 0.5) is 0 Å². The largest absolute Gasteiger partial charge is 0.493 e. The Morgan fingerprint density at radius 3 is 2.90 bits per heavy atom. The van der Waals surface area contributed by atoms with E-state index in [0.717, 1.165) is 6.42 Å². The number of sulfonamides is 1. The number of rotatable bonds is 6. The number of fused-ring (bicyclic) bond motifs is 1. The zero-order valence-electron chi connectivity index (χ0n) is 11.6. The molecule has 0 bridgehead atoms. The van der Waals surface area contributed by atoms with Crippen molar-refractivity contribution < 1.29 is 18.3 Å². The maximum absolute atomic E-state index is 11.8. The Hall–Kier alpha value is -1.11. The Kier molecular flexibility index (Phi) is 4.67. The highest BCUT2D eigenvalue weighted by atomic mass is 32.2. The van der Waals surface area contributed by atoms with Crippen LogP contribution in [-0.4, -0.2) is 32.4 Å². The van der Waals surface area contributed by atoms with E-state index in [1.54, 1.807) is 12.1 Å². The minimum absolute atomic E-state index is 0.0145. The van der Waals surface area contributed by atoms with Crippen LogP contribution in [0.3, 0.4) is 0 Å². The fourth-order valence-electron chi connectivity index (χ4n) is 2.26. The third-order valence-electron chi connectivity index (χ3n) is 3.51. The van der Waals surface area contributed by atoms with Crippen LogP contribution in [0.15, 0.2) is 24.3 Å². The summed E-state index contributed by atoms with van der Waals surface area (Å²) in [5.41, 5.74) is -0.557. The maximum atomic E-state index is 11.8. The molecule has 0 aromatic heterocycles. The number of hydrogen-bond acceptors (Lipinski definition) is 4. The number of hydrogen-bond donors (Lipinski definition) is 2. The van der Waals surface area contributed by atoms with E-state index in [1.165, 1.54) is 0 Å². The first-order valence-electron chi connectivity index (χ1n) is 6.89. The topological polar surface area (TPSA) is 75.6 Å². The smallest absolute Gasteiger partial charge is 0.211 e. The molecule has 0 saturated heterocycles. The third-order valence-corrected chi connectivity index (χ3v) is 4.92. The zero-order chi connectivity index (χ0) is 14.6. The van der Waals surface area contributed by atoms with Crippen molar-refractivity contribution >= 4 is 10.0 Å². The van der Waals surface area contributed by atoms with Gasteiger partial charge in [-0.25, -0.2) is 13.1 Å². The first-order chi connectivity index (χ1) is 9.47. The predicted octanol–water partition coefficient (Wildman–Crippen LogP) is 1.38. The van der Waals surface area contributed by atoms with Crippen LogP contribution >= 0.6 is 0 Å². The van der Waals surface area contributed by atoms with Crippen LogP contribution < -0.4 is 9.46 Å². The van der Waals surface area contributed by atoms with Crippen LogP contribution in [-0.2, 0) is 15.6 Å². The number of nitrogens with one attached hydrogen (secondary N) is 1. The van der Waals surface area contributed by atoms with Gasteiger partial charge in [-0.05, 0) is 12.5 Å². The minimum atomic E-state index is -3.33. The summed E-state index contributed by atoms with van der Waals surface area (Å²) in [6.45, 7) is 2.31. The van der Waals surface area contributed by atoms with E-state index in [2.05, 4.69) is 4.72 Å². The summed E-state index contributed by atoms with van der Waals surface area (Å²) < 4.78 is 31.7. The third kappa shape index (κ3) is 3.50.